The summed E-state index contributed by atoms with van der Waals surface area (Å²) in [5, 5.41) is 12.7. The number of rotatable bonds is 4. The van der Waals surface area contributed by atoms with Gasteiger partial charge in [0.25, 0.3) is 0 Å². The van der Waals surface area contributed by atoms with E-state index < -0.39 is 5.92 Å². The highest BCUT2D eigenvalue weighted by Gasteiger charge is 2.39. The van der Waals surface area contributed by atoms with Crippen LogP contribution in [0.2, 0.25) is 0 Å². The molecule has 100 valence electrons. The van der Waals surface area contributed by atoms with Gasteiger partial charge in [-0.15, -0.1) is 0 Å². The summed E-state index contributed by atoms with van der Waals surface area (Å²) in [6.45, 7) is 0.912. The van der Waals surface area contributed by atoms with Crippen LogP contribution in [0.3, 0.4) is 0 Å². The molecule has 2 N–H and O–H groups in total. The van der Waals surface area contributed by atoms with Gasteiger partial charge in [0.05, 0.1) is 0 Å². The second-order valence-corrected chi connectivity index (χ2v) is 5.71. The SMILES string of the molecule is OCC1CCCCC1NCC1CCC(F)(F)C1. The van der Waals surface area contributed by atoms with Crippen molar-refractivity contribution in [3.63, 3.8) is 0 Å². The number of hydrogen-bond acceptors (Lipinski definition) is 2. The van der Waals surface area contributed by atoms with E-state index in [0.717, 1.165) is 12.8 Å². The molecule has 2 nitrogen and oxygen atoms in total. The third-order valence-electron chi connectivity index (χ3n) is 4.32. The van der Waals surface area contributed by atoms with E-state index in [4.69, 9.17) is 0 Å². The lowest BCUT2D eigenvalue weighted by molar-refractivity contribution is 0.00476. The Morgan fingerprint density at radius 1 is 1.18 bits per heavy atom. The lowest BCUT2D eigenvalue weighted by atomic mass is 9.85. The fraction of sp³-hybridized carbons (Fsp3) is 1.00. The molecule has 0 aromatic heterocycles. The molecule has 0 heterocycles. The van der Waals surface area contributed by atoms with Gasteiger partial charge in [0.1, 0.15) is 0 Å². The highest BCUT2D eigenvalue weighted by molar-refractivity contribution is 4.86. The Kier molecular flexibility index (Phi) is 4.36. The molecule has 0 aromatic carbocycles. The highest BCUT2D eigenvalue weighted by atomic mass is 19.3. The van der Waals surface area contributed by atoms with Crippen molar-refractivity contribution in [1.29, 1.82) is 0 Å². The molecule has 2 rings (SSSR count). The minimum absolute atomic E-state index is 0.0382. The van der Waals surface area contributed by atoms with Crippen LogP contribution in [0.1, 0.15) is 44.9 Å². The average molecular weight is 247 g/mol. The number of nitrogens with one attached hydrogen (secondary N) is 1. The smallest absolute Gasteiger partial charge is 0.248 e. The van der Waals surface area contributed by atoms with Crippen LogP contribution in [-0.4, -0.2) is 30.2 Å². The maximum atomic E-state index is 13.0. The maximum absolute atomic E-state index is 13.0. The standard InChI is InChI=1S/C13H23F2NO/c14-13(15)6-5-10(7-13)8-16-12-4-2-1-3-11(12)9-17/h10-12,16-17H,1-9H2. The fourth-order valence-corrected chi connectivity index (χ4v) is 3.23. The second kappa shape index (κ2) is 5.61. The summed E-state index contributed by atoms with van der Waals surface area (Å²) in [6, 6.07) is 0.336. The van der Waals surface area contributed by atoms with Crippen LogP contribution in [0.5, 0.6) is 0 Å². The number of alkyl halides is 2. The monoisotopic (exact) mass is 247 g/mol. The number of aliphatic hydroxyl groups excluding tert-OH is 1. The molecule has 4 heteroatoms. The highest BCUT2D eigenvalue weighted by Crippen LogP contribution is 2.38. The first-order valence-electron chi connectivity index (χ1n) is 6.83. The Hall–Kier alpha value is -0.220. The minimum Gasteiger partial charge on any atom is -0.396 e. The molecule has 0 aromatic rings. The minimum atomic E-state index is -2.44. The molecule has 0 amide bonds. The van der Waals surface area contributed by atoms with Gasteiger partial charge in [-0.1, -0.05) is 12.8 Å². The number of aliphatic hydroxyl groups is 1. The van der Waals surface area contributed by atoms with Crippen molar-refractivity contribution in [2.24, 2.45) is 11.8 Å². The second-order valence-electron chi connectivity index (χ2n) is 5.71. The van der Waals surface area contributed by atoms with Crippen molar-refractivity contribution in [3.05, 3.63) is 0 Å². The lowest BCUT2D eigenvalue weighted by Crippen LogP contribution is -2.42. The molecule has 0 saturated heterocycles. The van der Waals surface area contributed by atoms with Crippen molar-refractivity contribution in [2.75, 3.05) is 13.2 Å². The van der Waals surface area contributed by atoms with E-state index in [9.17, 15) is 13.9 Å². The first kappa shape index (κ1) is 13.2. The summed E-state index contributed by atoms with van der Waals surface area (Å²) in [5.41, 5.74) is 0. The van der Waals surface area contributed by atoms with E-state index in [1.165, 1.54) is 12.8 Å². The van der Waals surface area contributed by atoms with Crippen LogP contribution in [0.25, 0.3) is 0 Å². The Morgan fingerprint density at radius 2 is 1.94 bits per heavy atom. The number of halogens is 2. The molecule has 0 radical (unpaired) electrons. The van der Waals surface area contributed by atoms with Crippen LogP contribution >= 0.6 is 0 Å². The van der Waals surface area contributed by atoms with E-state index in [1.54, 1.807) is 0 Å². The van der Waals surface area contributed by atoms with Gasteiger partial charge in [0, 0.05) is 25.5 Å². The third-order valence-corrected chi connectivity index (χ3v) is 4.32. The van der Waals surface area contributed by atoms with E-state index in [1.807, 2.05) is 0 Å². The first-order chi connectivity index (χ1) is 8.11. The van der Waals surface area contributed by atoms with Crippen molar-refractivity contribution in [3.8, 4) is 0 Å². The van der Waals surface area contributed by atoms with E-state index >= 15 is 0 Å². The summed E-state index contributed by atoms with van der Waals surface area (Å²) in [4.78, 5) is 0. The molecule has 0 aliphatic heterocycles. The van der Waals surface area contributed by atoms with Crippen molar-refractivity contribution in [1.82, 2.24) is 5.32 Å². The predicted molar refractivity (Wildman–Crippen MR) is 63.1 cm³/mol. The quantitative estimate of drug-likeness (QED) is 0.800. The Labute approximate surface area is 102 Å². The van der Waals surface area contributed by atoms with Gasteiger partial charge < -0.3 is 10.4 Å². The molecular formula is C13H23F2NO. The van der Waals surface area contributed by atoms with Crippen LogP contribution in [-0.2, 0) is 0 Å². The molecular weight excluding hydrogens is 224 g/mol. The van der Waals surface area contributed by atoms with Gasteiger partial charge in [-0.05, 0) is 37.6 Å². The first-order valence-corrected chi connectivity index (χ1v) is 6.83. The molecule has 17 heavy (non-hydrogen) atoms. The van der Waals surface area contributed by atoms with Crippen molar-refractivity contribution < 1.29 is 13.9 Å². The molecule has 2 aliphatic rings. The Balaban J connectivity index is 1.74. The van der Waals surface area contributed by atoms with Gasteiger partial charge in [-0.2, -0.15) is 0 Å². The molecule has 0 spiro atoms. The molecule has 3 atom stereocenters. The maximum Gasteiger partial charge on any atom is 0.248 e. The van der Waals surface area contributed by atoms with Gasteiger partial charge in [0.2, 0.25) is 5.92 Å². The van der Waals surface area contributed by atoms with Crippen LogP contribution in [0, 0.1) is 11.8 Å². The topological polar surface area (TPSA) is 32.3 Å². The van der Waals surface area contributed by atoms with Gasteiger partial charge in [-0.3, -0.25) is 0 Å². The summed E-state index contributed by atoms with van der Waals surface area (Å²) in [7, 11) is 0. The van der Waals surface area contributed by atoms with Crippen molar-refractivity contribution in [2.45, 2.75) is 56.9 Å². The molecule has 2 saturated carbocycles. The number of hydrogen-bond donors (Lipinski definition) is 2. The zero-order valence-corrected chi connectivity index (χ0v) is 10.3. The predicted octanol–water partition coefficient (Wildman–Crippen LogP) is 2.56. The lowest BCUT2D eigenvalue weighted by Gasteiger charge is -2.32. The summed E-state index contributed by atoms with van der Waals surface area (Å²) < 4.78 is 26.1. The van der Waals surface area contributed by atoms with Gasteiger partial charge >= 0.3 is 0 Å². The van der Waals surface area contributed by atoms with E-state index in [0.29, 0.717) is 24.9 Å². The third kappa shape index (κ3) is 3.62. The molecule has 2 fully saturated rings. The van der Waals surface area contributed by atoms with Crippen LogP contribution < -0.4 is 5.32 Å². The molecule has 3 unspecified atom stereocenters. The largest absolute Gasteiger partial charge is 0.396 e. The Morgan fingerprint density at radius 3 is 2.59 bits per heavy atom. The molecule has 2 aliphatic carbocycles. The molecule has 0 bridgehead atoms. The zero-order valence-electron chi connectivity index (χ0n) is 10.3. The normalized spacial score (nSPS) is 37.2. The summed E-state index contributed by atoms with van der Waals surface area (Å²) >= 11 is 0. The van der Waals surface area contributed by atoms with Crippen LogP contribution in [0.15, 0.2) is 0 Å². The van der Waals surface area contributed by atoms with Crippen LogP contribution in [0.4, 0.5) is 8.78 Å². The Bertz CT molecular complexity index is 248. The fourth-order valence-electron chi connectivity index (χ4n) is 3.23. The summed E-state index contributed by atoms with van der Waals surface area (Å²) in [6.07, 6.45) is 5.24. The van der Waals surface area contributed by atoms with E-state index in [2.05, 4.69) is 5.32 Å². The zero-order chi connectivity index (χ0) is 12.3. The van der Waals surface area contributed by atoms with E-state index in [-0.39, 0.29) is 25.4 Å². The van der Waals surface area contributed by atoms with Crippen molar-refractivity contribution >= 4 is 0 Å². The summed E-state index contributed by atoms with van der Waals surface area (Å²) in [5.74, 6) is -1.99. The van der Waals surface area contributed by atoms with Gasteiger partial charge in [0.15, 0.2) is 0 Å². The average Bonchev–Trinajstić information content (AvgIpc) is 2.67. The van der Waals surface area contributed by atoms with Gasteiger partial charge in [-0.25, -0.2) is 8.78 Å².